The van der Waals surface area contributed by atoms with Crippen molar-refractivity contribution in [3.05, 3.63) is 105 Å². The predicted octanol–water partition coefficient (Wildman–Crippen LogP) is 8.90. The number of aromatic nitrogens is 2. The molecule has 0 N–H and O–H groups in total. The van der Waals surface area contributed by atoms with Crippen molar-refractivity contribution >= 4 is 33.4 Å². The molecule has 0 spiro atoms. The van der Waals surface area contributed by atoms with Crippen LogP contribution in [0, 0.1) is 17.5 Å². The normalized spacial score (nSPS) is 12.5. The summed E-state index contributed by atoms with van der Waals surface area (Å²) in [4.78, 5) is 4.33. The maximum atomic E-state index is 15.5. The molecule has 4 rings (SSSR count). The van der Waals surface area contributed by atoms with Crippen LogP contribution in [0.4, 0.5) is 13.2 Å². The number of hydrogen-bond donors (Lipinski definition) is 0. The number of hydrogen-bond acceptors (Lipinski definition) is 5. The number of halogens is 4. The van der Waals surface area contributed by atoms with Crippen molar-refractivity contribution in [3.63, 3.8) is 0 Å². The van der Waals surface area contributed by atoms with Crippen molar-refractivity contribution in [1.29, 1.82) is 0 Å². The van der Waals surface area contributed by atoms with Crippen molar-refractivity contribution in [2.45, 2.75) is 62.3 Å². The Bertz CT molecular complexity index is 1800. The molecule has 0 fully saturated rings. The fraction of sp³-hybridized carbons (Fsp3) is 0.400. The molecule has 7 nitrogen and oxygen atoms in total. The van der Waals surface area contributed by atoms with Gasteiger partial charge in [0.25, 0.3) is 0 Å². The van der Waals surface area contributed by atoms with Gasteiger partial charge in [0.05, 0.1) is 50.1 Å². The number of thioether (sulfide) groups is 1. The molecule has 3 aromatic carbocycles. The summed E-state index contributed by atoms with van der Waals surface area (Å²) in [5.74, 6) is -1.57. The summed E-state index contributed by atoms with van der Waals surface area (Å²) < 4.78 is 81.5. The SMILES string of the molecule is CC[N+](CC)(CC)CCC[N-]S(=O)(=O)c1cc(F)c(CSc2ncc(C(C)(C)c3ccc(F)c(OC)c3)n2-c2ccc(F)cc2)c(Cl)c1. The minimum absolute atomic E-state index is 0.0235. The monoisotopic (exact) mass is 722 g/mol. The van der Waals surface area contributed by atoms with Crippen LogP contribution in [-0.4, -0.2) is 62.3 Å². The van der Waals surface area contributed by atoms with Gasteiger partial charge in [-0.05, 0) is 81.3 Å². The molecule has 0 aliphatic heterocycles. The topological polar surface area (TPSA) is 75.3 Å². The third-order valence-electron chi connectivity index (χ3n) is 9.15. The van der Waals surface area contributed by atoms with Crippen LogP contribution in [0.15, 0.2) is 70.8 Å². The average Bonchev–Trinajstić information content (AvgIpc) is 3.50. The lowest BCUT2D eigenvalue weighted by molar-refractivity contribution is -0.923. The molecule has 0 bridgehead atoms. The van der Waals surface area contributed by atoms with Crippen LogP contribution in [0.1, 0.15) is 57.9 Å². The lowest BCUT2D eigenvalue weighted by Gasteiger charge is -2.36. The molecule has 1 aromatic heterocycles. The summed E-state index contributed by atoms with van der Waals surface area (Å²) >= 11 is 7.67. The summed E-state index contributed by atoms with van der Waals surface area (Å²) in [5.41, 5.74) is 1.43. The van der Waals surface area contributed by atoms with Gasteiger partial charge in [-0.2, -0.15) is 0 Å². The highest BCUT2D eigenvalue weighted by Gasteiger charge is 2.31. The van der Waals surface area contributed by atoms with Crippen LogP contribution in [0.3, 0.4) is 0 Å². The van der Waals surface area contributed by atoms with Gasteiger partial charge in [-0.3, -0.25) is 4.57 Å². The van der Waals surface area contributed by atoms with E-state index >= 15 is 4.39 Å². The maximum Gasteiger partial charge on any atom is 0.173 e. The number of sulfonamides is 1. The van der Waals surface area contributed by atoms with Gasteiger partial charge in [-0.1, -0.05) is 43.3 Å². The average molecular weight is 723 g/mol. The van der Waals surface area contributed by atoms with E-state index in [0.29, 0.717) is 23.0 Å². The number of benzene rings is 3. The van der Waals surface area contributed by atoms with E-state index in [1.54, 1.807) is 30.5 Å². The summed E-state index contributed by atoms with van der Waals surface area (Å²) in [6, 6.07) is 12.7. The van der Waals surface area contributed by atoms with E-state index in [0.717, 1.165) is 42.3 Å². The Kier molecular flexibility index (Phi) is 12.3. The second kappa shape index (κ2) is 15.7. The second-order valence-corrected chi connectivity index (χ2v) is 15.1. The smallest absolute Gasteiger partial charge is 0.173 e. The van der Waals surface area contributed by atoms with Gasteiger partial charge in [0.1, 0.15) is 21.7 Å². The Labute approximate surface area is 291 Å². The molecule has 0 aliphatic carbocycles. The van der Waals surface area contributed by atoms with E-state index in [4.69, 9.17) is 16.3 Å². The minimum atomic E-state index is -4.11. The van der Waals surface area contributed by atoms with Crippen LogP contribution >= 0.6 is 23.4 Å². The molecule has 13 heteroatoms. The van der Waals surface area contributed by atoms with E-state index < -0.39 is 32.9 Å². The zero-order valence-corrected chi connectivity index (χ0v) is 30.5. The van der Waals surface area contributed by atoms with Gasteiger partial charge in [-0.25, -0.2) is 26.6 Å². The summed E-state index contributed by atoms with van der Waals surface area (Å²) in [6.07, 6.45) is 2.26. The van der Waals surface area contributed by atoms with Crippen molar-refractivity contribution < 1.29 is 30.8 Å². The number of nitrogens with zero attached hydrogens (tertiary/aromatic N) is 4. The van der Waals surface area contributed by atoms with Gasteiger partial charge in [0, 0.05) is 27.4 Å². The standard InChI is InChI=1S/C35H42ClF3N4O3S2/c1-7-43(8-2,9-3)18-10-17-41-48(44,45)27-20-29(36)28(31(39)21-27)23-47-34-40-22-33(42(34)26-14-12-25(37)13-15-26)35(4,5)24-11-16-30(38)32(19-24)46-6/h11-16,19-22H,7-10,17-18,23H2,1-6H3. The molecule has 4 aromatic rings. The first-order chi connectivity index (χ1) is 22.7. The molecule has 48 heavy (non-hydrogen) atoms. The lowest BCUT2D eigenvalue weighted by Crippen LogP contribution is -2.48. The number of methoxy groups -OCH3 is 1. The van der Waals surface area contributed by atoms with Crippen LogP contribution in [0.5, 0.6) is 5.75 Å². The first-order valence-electron chi connectivity index (χ1n) is 15.8. The first kappa shape index (κ1) is 37.8. The highest BCUT2D eigenvalue weighted by atomic mass is 35.5. The quantitative estimate of drug-likeness (QED) is 0.0656. The van der Waals surface area contributed by atoms with Gasteiger partial charge in [-0.15, -0.1) is 6.54 Å². The molecule has 1 heterocycles. The van der Waals surface area contributed by atoms with E-state index in [2.05, 4.69) is 30.5 Å². The fourth-order valence-electron chi connectivity index (χ4n) is 5.73. The Morgan fingerprint density at radius 3 is 2.25 bits per heavy atom. The molecule has 0 atom stereocenters. The molecule has 0 unspecified atom stereocenters. The van der Waals surface area contributed by atoms with Gasteiger partial charge in [0.15, 0.2) is 16.7 Å². The fourth-order valence-corrected chi connectivity index (χ4v) is 8.21. The second-order valence-electron chi connectivity index (χ2n) is 12.1. The zero-order valence-electron chi connectivity index (χ0n) is 28.1. The largest absolute Gasteiger partial charge is 0.545 e. The summed E-state index contributed by atoms with van der Waals surface area (Å²) in [6.45, 7) is 14.0. The number of quaternary nitrogens is 1. The minimum Gasteiger partial charge on any atom is -0.545 e. The van der Waals surface area contributed by atoms with Crippen LogP contribution in [0.2, 0.25) is 5.02 Å². The van der Waals surface area contributed by atoms with E-state index in [1.807, 2.05) is 18.4 Å². The zero-order chi connectivity index (χ0) is 35.3. The van der Waals surface area contributed by atoms with Crippen LogP contribution < -0.4 is 4.74 Å². The number of imidazole rings is 1. The molecule has 0 aliphatic rings. The molecular formula is C35H42ClF3N4O3S2. The molecular weight excluding hydrogens is 681 g/mol. The van der Waals surface area contributed by atoms with E-state index in [-0.39, 0.29) is 33.5 Å². The van der Waals surface area contributed by atoms with Crippen molar-refractivity contribution in [3.8, 4) is 11.4 Å². The molecule has 0 saturated heterocycles. The molecule has 260 valence electrons. The van der Waals surface area contributed by atoms with Gasteiger partial charge in [0.2, 0.25) is 0 Å². The van der Waals surface area contributed by atoms with Crippen LogP contribution in [-0.2, 0) is 21.2 Å². The summed E-state index contributed by atoms with van der Waals surface area (Å²) in [5, 5.41) is 0.412. The molecule has 0 radical (unpaired) electrons. The number of rotatable bonds is 16. The highest BCUT2D eigenvalue weighted by Crippen LogP contribution is 2.39. The van der Waals surface area contributed by atoms with Crippen LogP contribution in [0.25, 0.3) is 10.4 Å². The predicted molar refractivity (Wildman–Crippen MR) is 186 cm³/mol. The Hall–Kier alpha value is -3.03. The van der Waals surface area contributed by atoms with Gasteiger partial charge < -0.3 is 13.9 Å². The first-order valence-corrected chi connectivity index (χ1v) is 18.6. The van der Waals surface area contributed by atoms with Crippen molar-refractivity contribution in [1.82, 2.24) is 9.55 Å². The van der Waals surface area contributed by atoms with E-state index in [1.165, 1.54) is 43.1 Å². The Balaban J connectivity index is 1.59. The number of ether oxygens (including phenoxy) is 1. The van der Waals surface area contributed by atoms with E-state index in [9.17, 15) is 17.2 Å². The maximum absolute atomic E-state index is 15.5. The lowest BCUT2D eigenvalue weighted by atomic mass is 9.81. The van der Waals surface area contributed by atoms with Crippen molar-refractivity contribution in [2.75, 3.05) is 39.8 Å². The molecule has 0 saturated carbocycles. The summed E-state index contributed by atoms with van der Waals surface area (Å²) in [7, 11) is -2.72. The molecule has 0 amide bonds. The van der Waals surface area contributed by atoms with Gasteiger partial charge >= 0.3 is 0 Å². The Morgan fingerprint density at radius 2 is 1.65 bits per heavy atom. The Morgan fingerprint density at radius 1 is 0.979 bits per heavy atom. The van der Waals surface area contributed by atoms with Crippen molar-refractivity contribution in [2.24, 2.45) is 0 Å². The third-order valence-corrected chi connectivity index (χ3v) is 11.8. The highest BCUT2D eigenvalue weighted by molar-refractivity contribution is 7.98. The third kappa shape index (κ3) is 8.22.